The Labute approximate surface area is 126 Å². The lowest BCUT2D eigenvalue weighted by atomic mass is 9.85. The Kier molecular flexibility index (Phi) is 4.46. The van der Waals surface area contributed by atoms with Crippen molar-refractivity contribution < 1.29 is 4.74 Å². The number of anilines is 1. The average molecular weight is 285 g/mol. The molecule has 0 bridgehead atoms. The quantitative estimate of drug-likeness (QED) is 0.930. The SMILES string of the molecule is CNc1cnc(COc2ccc(C)cc2C(C)(C)C)cn1. The van der Waals surface area contributed by atoms with Gasteiger partial charge in [-0.25, -0.2) is 4.98 Å². The molecule has 0 saturated heterocycles. The van der Waals surface area contributed by atoms with Crippen LogP contribution in [0.5, 0.6) is 5.75 Å². The summed E-state index contributed by atoms with van der Waals surface area (Å²) in [6.07, 6.45) is 3.44. The van der Waals surface area contributed by atoms with Gasteiger partial charge in [0.1, 0.15) is 18.2 Å². The third kappa shape index (κ3) is 3.94. The lowest BCUT2D eigenvalue weighted by Crippen LogP contribution is -2.14. The molecule has 0 radical (unpaired) electrons. The Hall–Kier alpha value is -2.10. The molecule has 0 fully saturated rings. The van der Waals surface area contributed by atoms with Gasteiger partial charge in [0.2, 0.25) is 0 Å². The predicted molar refractivity (Wildman–Crippen MR) is 85.8 cm³/mol. The fourth-order valence-corrected chi connectivity index (χ4v) is 2.07. The van der Waals surface area contributed by atoms with Crippen molar-refractivity contribution in [1.29, 1.82) is 0 Å². The standard InChI is InChI=1S/C17H23N3O/c1-12-6-7-15(14(8-12)17(2,3)4)21-11-13-9-20-16(18-5)10-19-13/h6-10H,11H2,1-5H3,(H,18,20). The second-order valence-corrected chi connectivity index (χ2v) is 6.18. The number of hydrogen-bond acceptors (Lipinski definition) is 4. The molecule has 1 aromatic heterocycles. The zero-order valence-electron chi connectivity index (χ0n) is 13.4. The van der Waals surface area contributed by atoms with E-state index in [1.807, 2.05) is 13.1 Å². The van der Waals surface area contributed by atoms with Crippen LogP contribution in [0, 0.1) is 6.92 Å². The van der Waals surface area contributed by atoms with Crippen molar-refractivity contribution in [1.82, 2.24) is 9.97 Å². The van der Waals surface area contributed by atoms with E-state index < -0.39 is 0 Å². The topological polar surface area (TPSA) is 47.0 Å². The number of nitrogens with zero attached hydrogens (tertiary/aromatic N) is 2. The van der Waals surface area contributed by atoms with Crippen molar-refractivity contribution in [2.45, 2.75) is 39.7 Å². The Morgan fingerprint density at radius 3 is 2.48 bits per heavy atom. The minimum atomic E-state index is 0.0447. The second kappa shape index (κ2) is 6.12. The van der Waals surface area contributed by atoms with Crippen molar-refractivity contribution in [3.8, 4) is 5.75 Å². The molecule has 1 aromatic carbocycles. The van der Waals surface area contributed by atoms with E-state index in [0.717, 1.165) is 17.3 Å². The molecule has 4 nitrogen and oxygen atoms in total. The average Bonchev–Trinajstić information content (AvgIpc) is 2.45. The lowest BCUT2D eigenvalue weighted by molar-refractivity contribution is 0.292. The molecule has 0 atom stereocenters. The molecule has 0 saturated carbocycles. The van der Waals surface area contributed by atoms with Gasteiger partial charge >= 0.3 is 0 Å². The molecule has 2 aromatic rings. The summed E-state index contributed by atoms with van der Waals surface area (Å²) in [7, 11) is 1.82. The van der Waals surface area contributed by atoms with Crippen LogP contribution in [-0.4, -0.2) is 17.0 Å². The highest BCUT2D eigenvalue weighted by Gasteiger charge is 2.19. The van der Waals surface area contributed by atoms with Crippen LogP contribution in [0.2, 0.25) is 0 Å². The van der Waals surface area contributed by atoms with Crippen molar-refractivity contribution in [3.63, 3.8) is 0 Å². The van der Waals surface area contributed by atoms with E-state index in [2.05, 4.69) is 55.1 Å². The molecule has 21 heavy (non-hydrogen) atoms. The minimum Gasteiger partial charge on any atom is -0.487 e. The minimum absolute atomic E-state index is 0.0447. The first-order chi connectivity index (χ1) is 9.90. The van der Waals surface area contributed by atoms with Gasteiger partial charge in [-0.2, -0.15) is 0 Å². The smallest absolute Gasteiger partial charge is 0.144 e. The van der Waals surface area contributed by atoms with Gasteiger partial charge in [-0.1, -0.05) is 38.5 Å². The Balaban J connectivity index is 2.15. The number of ether oxygens (including phenoxy) is 1. The molecule has 0 aliphatic rings. The van der Waals surface area contributed by atoms with Crippen LogP contribution in [0.1, 0.15) is 37.6 Å². The zero-order valence-corrected chi connectivity index (χ0v) is 13.4. The summed E-state index contributed by atoms with van der Waals surface area (Å²) in [5.74, 6) is 1.66. The third-order valence-electron chi connectivity index (χ3n) is 3.28. The molecule has 0 spiro atoms. The molecule has 4 heteroatoms. The highest BCUT2D eigenvalue weighted by molar-refractivity contribution is 5.41. The maximum Gasteiger partial charge on any atom is 0.144 e. The Morgan fingerprint density at radius 2 is 1.90 bits per heavy atom. The predicted octanol–water partition coefficient (Wildman–Crippen LogP) is 3.70. The van der Waals surface area contributed by atoms with Crippen LogP contribution in [0.15, 0.2) is 30.6 Å². The number of aryl methyl sites for hydroxylation is 1. The summed E-state index contributed by atoms with van der Waals surface area (Å²) in [4.78, 5) is 8.57. The molecule has 0 unspecified atom stereocenters. The number of nitrogens with one attached hydrogen (secondary N) is 1. The van der Waals surface area contributed by atoms with Gasteiger partial charge in [-0.15, -0.1) is 0 Å². The first-order valence-electron chi connectivity index (χ1n) is 7.13. The normalized spacial score (nSPS) is 11.3. The van der Waals surface area contributed by atoms with Crippen molar-refractivity contribution >= 4 is 5.82 Å². The van der Waals surface area contributed by atoms with Crippen molar-refractivity contribution in [2.75, 3.05) is 12.4 Å². The maximum absolute atomic E-state index is 5.96. The van der Waals surface area contributed by atoms with Crippen LogP contribution in [0.3, 0.4) is 0 Å². The van der Waals surface area contributed by atoms with Gasteiger partial charge in [0.15, 0.2) is 0 Å². The summed E-state index contributed by atoms with van der Waals surface area (Å²) in [5.41, 5.74) is 3.31. The lowest BCUT2D eigenvalue weighted by Gasteiger charge is -2.23. The van der Waals surface area contributed by atoms with E-state index in [9.17, 15) is 0 Å². The highest BCUT2D eigenvalue weighted by Crippen LogP contribution is 2.32. The first-order valence-corrected chi connectivity index (χ1v) is 7.13. The van der Waals surface area contributed by atoms with Crippen LogP contribution in [-0.2, 0) is 12.0 Å². The van der Waals surface area contributed by atoms with E-state index in [1.165, 1.54) is 11.1 Å². The summed E-state index contributed by atoms with van der Waals surface area (Å²) >= 11 is 0. The molecule has 0 aliphatic carbocycles. The molecule has 1 heterocycles. The van der Waals surface area contributed by atoms with Crippen LogP contribution >= 0.6 is 0 Å². The van der Waals surface area contributed by atoms with Crippen LogP contribution in [0.4, 0.5) is 5.82 Å². The molecular formula is C17H23N3O. The first kappa shape index (κ1) is 15.3. The molecule has 112 valence electrons. The molecule has 0 amide bonds. The summed E-state index contributed by atoms with van der Waals surface area (Å²) < 4.78 is 5.96. The van der Waals surface area contributed by atoms with E-state index in [1.54, 1.807) is 12.4 Å². The number of rotatable bonds is 4. The fraction of sp³-hybridized carbons (Fsp3) is 0.412. The van der Waals surface area contributed by atoms with E-state index >= 15 is 0 Å². The number of benzene rings is 1. The van der Waals surface area contributed by atoms with Crippen molar-refractivity contribution in [2.24, 2.45) is 0 Å². The summed E-state index contributed by atoms with van der Waals surface area (Å²) in [6, 6.07) is 6.29. The van der Waals surface area contributed by atoms with Crippen LogP contribution in [0.25, 0.3) is 0 Å². The zero-order chi connectivity index (χ0) is 15.5. The van der Waals surface area contributed by atoms with Crippen LogP contribution < -0.4 is 10.1 Å². The van der Waals surface area contributed by atoms with Crippen molar-refractivity contribution in [3.05, 3.63) is 47.4 Å². The van der Waals surface area contributed by atoms with Gasteiger partial charge in [-0.05, 0) is 24.0 Å². The Morgan fingerprint density at radius 1 is 1.14 bits per heavy atom. The summed E-state index contributed by atoms with van der Waals surface area (Å²) in [6.45, 7) is 9.09. The molecule has 2 rings (SSSR count). The Bertz CT molecular complexity index is 600. The van der Waals surface area contributed by atoms with E-state index in [4.69, 9.17) is 4.74 Å². The monoisotopic (exact) mass is 285 g/mol. The number of hydrogen-bond donors (Lipinski definition) is 1. The fourth-order valence-electron chi connectivity index (χ4n) is 2.07. The molecule has 1 N–H and O–H groups in total. The van der Waals surface area contributed by atoms with E-state index in [-0.39, 0.29) is 5.41 Å². The largest absolute Gasteiger partial charge is 0.487 e. The highest BCUT2D eigenvalue weighted by atomic mass is 16.5. The third-order valence-corrected chi connectivity index (χ3v) is 3.28. The maximum atomic E-state index is 5.96. The molecular weight excluding hydrogens is 262 g/mol. The van der Waals surface area contributed by atoms with Gasteiger partial charge in [-0.3, -0.25) is 4.98 Å². The summed E-state index contributed by atoms with van der Waals surface area (Å²) in [5, 5.41) is 2.95. The second-order valence-electron chi connectivity index (χ2n) is 6.18. The van der Waals surface area contributed by atoms with Gasteiger partial charge < -0.3 is 10.1 Å². The van der Waals surface area contributed by atoms with Gasteiger partial charge in [0, 0.05) is 7.05 Å². The number of aromatic nitrogens is 2. The van der Waals surface area contributed by atoms with E-state index in [0.29, 0.717) is 6.61 Å². The molecule has 0 aliphatic heterocycles. The van der Waals surface area contributed by atoms with Gasteiger partial charge in [0.05, 0.1) is 18.1 Å². The van der Waals surface area contributed by atoms with Gasteiger partial charge in [0.25, 0.3) is 0 Å².